The molecule has 0 heterocycles. The predicted octanol–water partition coefficient (Wildman–Crippen LogP) is 5.14. The zero-order valence-corrected chi connectivity index (χ0v) is 13.4. The Morgan fingerprint density at radius 1 is 1.42 bits per heavy atom. The normalized spacial score (nSPS) is 10.3. The third-order valence-corrected chi connectivity index (χ3v) is 3.39. The van der Waals surface area contributed by atoms with Crippen LogP contribution in [0.3, 0.4) is 0 Å². The Morgan fingerprint density at radius 3 is 2.71 bits per heavy atom. The minimum Gasteiger partial charge on any atom is -0.482 e. The van der Waals surface area contributed by atoms with Gasteiger partial charge in [0, 0.05) is 6.07 Å². The van der Waals surface area contributed by atoms with Gasteiger partial charge in [0.1, 0.15) is 6.61 Å². The molecule has 0 aromatic heterocycles. The van der Waals surface area contributed by atoms with Gasteiger partial charge in [0.15, 0.2) is 17.3 Å². The lowest BCUT2D eigenvalue weighted by Gasteiger charge is -2.13. The van der Waals surface area contributed by atoms with E-state index in [1.54, 1.807) is 19.1 Å². The number of anilines is 2. The van der Waals surface area contributed by atoms with Crippen LogP contribution in [0.1, 0.15) is 5.56 Å². The summed E-state index contributed by atoms with van der Waals surface area (Å²) in [7, 11) is 0. The van der Waals surface area contributed by atoms with Gasteiger partial charge in [-0.05, 0) is 24.6 Å². The number of hydrogen-bond donors (Lipinski definition) is 1. The van der Waals surface area contributed by atoms with Gasteiger partial charge in [-0.15, -0.1) is 0 Å². The maximum Gasteiger partial charge on any atom is 0.337 e. The lowest BCUT2D eigenvalue weighted by Crippen LogP contribution is -2.06. The minimum atomic E-state index is -1.40. The number of nitro benzene ring substituents is 1. The molecule has 2 aromatic carbocycles. The molecule has 0 spiro atoms. The second-order valence-electron chi connectivity index (χ2n) is 4.86. The number of hydrogen-bond acceptors (Lipinski definition) is 4. The van der Waals surface area contributed by atoms with Crippen molar-refractivity contribution in [2.75, 3.05) is 11.9 Å². The molecule has 0 unspecified atom stereocenters. The fraction of sp³-hybridized carbons (Fsp3) is 0.125. The fourth-order valence-electron chi connectivity index (χ4n) is 2.00. The third-order valence-electron chi connectivity index (χ3n) is 3.08. The van der Waals surface area contributed by atoms with E-state index in [4.69, 9.17) is 16.3 Å². The Hall–Kier alpha value is -2.67. The molecule has 8 heteroatoms. The molecular weight excluding hydrogens is 342 g/mol. The lowest BCUT2D eigenvalue weighted by atomic mass is 10.2. The monoisotopic (exact) mass is 354 g/mol. The highest BCUT2D eigenvalue weighted by molar-refractivity contribution is 6.33. The molecule has 0 aliphatic heterocycles. The van der Waals surface area contributed by atoms with E-state index in [2.05, 4.69) is 11.9 Å². The molecule has 24 heavy (non-hydrogen) atoms. The van der Waals surface area contributed by atoms with Crippen molar-refractivity contribution in [3.8, 4) is 5.75 Å². The smallest absolute Gasteiger partial charge is 0.337 e. The van der Waals surface area contributed by atoms with Gasteiger partial charge in [0.25, 0.3) is 0 Å². The molecule has 1 N–H and O–H groups in total. The quantitative estimate of drug-likeness (QED) is 0.443. The van der Waals surface area contributed by atoms with Crippen LogP contribution in [0.5, 0.6) is 5.75 Å². The topological polar surface area (TPSA) is 64.4 Å². The molecule has 0 saturated carbocycles. The summed E-state index contributed by atoms with van der Waals surface area (Å²) in [4.78, 5) is 10.5. The molecule has 126 valence electrons. The summed E-state index contributed by atoms with van der Waals surface area (Å²) in [5, 5.41) is 14.0. The van der Waals surface area contributed by atoms with Gasteiger partial charge in [-0.2, -0.15) is 0 Å². The van der Waals surface area contributed by atoms with Crippen molar-refractivity contribution in [1.29, 1.82) is 0 Å². The summed E-state index contributed by atoms with van der Waals surface area (Å²) in [5.41, 5.74) is -0.350. The summed E-state index contributed by atoms with van der Waals surface area (Å²) < 4.78 is 33.0. The Morgan fingerprint density at radius 2 is 2.12 bits per heavy atom. The Balaban J connectivity index is 2.59. The average Bonchev–Trinajstić information content (AvgIpc) is 2.51. The van der Waals surface area contributed by atoms with Crippen molar-refractivity contribution in [1.82, 2.24) is 0 Å². The van der Waals surface area contributed by atoms with Gasteiger partial charge in [-0.1, -0.05) is 30.3 Å². The second kappa shape index (κ2) is 7.27. The summed E-state index contributed by atoms with van der Waals surface area (Å²) in [6, 6.07) is 5.39. The number of nitro groups is 1. The van der Waals surface area contributed by atoms with Crippen LogP contribution in [0.4, 0.5) is 25.8 Å². The zero-order valence-electron chi connectivity index (χ0n) is 12.6. The van der Waals surface area contributed by atoms with Crippen molar-refractivity contribution in [3.63, 3.8) is 0 Å². The Bertz CT molecular complexity index is 812. The molecule has 5 nitrogen and oxygen atoms in total. The second-order valence-corrected chi connectivity index (χ2v) is 5.27. The van der Waals surface area contributed by atoms with E-state index in [9.17, 15) is 18.9 Å². The third kappa shape index (κ3) is 3.62. The first-order valence-electron chi connectivity index (χ1n) is 6.78. The largest absolute Gasteiger partial charge is 0.482 e. The predicted molar refractivity (Wildman–Crippen MR) is 88.2 cm³/mol. The highest BCUT2D eigenvalue weighted by atomic mass is 35.5. The van der Waals surface area contributed by atoms with Crippen molar-refractivity contribution in [2.24, 2.45) is 0 Å². The summed E-state index contributed by atoms with van der Waals surface area (Å²) in [6.45, 7) is 5.10. The van der Waals surface area contributed by atoms with E-state index in [0.717, 1.165) is 5.56 Å². The summed E-state index contributed by atoms with van der Waals surface area (Å²) in [6.07, 6.45) is 1.33. The molecule has 2 aromatic rings. The number of benzene rings is 2. The van der Waals surface area contributed by atoms with Crippen LogP contribution in [-0.2, 0) is 0 Å². The number of rotatable bonds is 6. The van der Waals surface area contributed by atoms with E-state index in [1.807, 2.05) is 0 Å². The van der Waals surface area contributed by atoms with Crippen molar-refractivity contribution in [2.45, 2.75) is 6.92 Å². The first-order chi connectivity index (χ1) is 11.3. The first-order valence-corrected chi connectivity index (χ1v) is 7.16. The van der Waals surface area contributed by atoms with Crippen LogP contribution in [-0.4, -0.2) is 11.5 Å². The molecule has 0 atom stereocenters. The maximum absolute atomic E-state index is 14.2. The number of ether oxygens (including phenoxy) is 1. The van der Waals surface area contributed by atoms with E-state index in [1.165, 1.54) is 12.1 Å². The van der Waals surface area contributed by atoms with E-state index in [-0.39, 0.29) is 17.3 Å². The van der Waals surface area contributed by atoms with Crippen LogP contribution >= 0.6 is 11.6 Å². The van der Waals surface area contributed by atoms with Gasteiger partial charge in [0.05, 0.1) is 15.6 Å². The van der Waals surface area contributed by atoms with Gasteiger partial charge in [0.2, 0.25) is 5.75 Å². The number of aryl methyl sites for hydroxylation is 1. The number of nitrogens with one attached hydrogen (secondary N) is 1. The zero-order chi connectivity index (χ0) is 17.9. The van der Waals surface area contributed by atoms with Gasteiger partial charge >= 0.3 is 5.69 Å². The van der Waals surface area contributed by atoms with Gasteiger partial charge < -0.3 is 10.1 Å². The Kier molecular flexibility index (Phi) is 5.35. The molecule has 0 saturated heterocycles. The fourth-order valence-corrected chi connectivity index (χ4v) is 2.29. The lowest BCUT2D eigenvalue weighted by molar-refractivity contribution is -0.385. The highest BCUT2D eigenvalue weighted by Gasteiger charge is 2.29. The first kappa shape index (κ1) is 17.7. The molecule has 0 amide bonds. The minimum absolute atomic E-state index is 0.101. The summed E-state index contributed by atoms with van der Waals surface area (Å²) >= 11 is 6.03. The van der Waals surface area contributed by atoms with Crippen molar-refractivity contribution >= 4 is 28.7 Å². The number of nitrogens with zero attached hydrogens (tertiary/aromatic N) is 1. The van der Waals surface area contributed by atoms with E-state index >= 15 is 0 Å². The average molecular weight is 355 g/mol. The van der Waals surface area contributed by atoms with E-state index in [0.29, 0.717) is 6.07 Å². The summed E-state index contributed by atoms with van der Waals surface area (Å²) in [5.74, 6) is -3.10. The highest BCUT2D eigenvalue weighted by Crippen LogP contribution is 2.41. The molecular formula is C16H13ClF2N2O3. The van der Waals surface area contributed by atoms with Crippen LogP contribution in [0, 0.1) is 28.7 Å². The Labute approximate surface area is 141 Å². The molecule has 0 radical (unpaired) electrons. The standard InChI is InChI=1S/C16H13ClF2N2O3/c1-3-6-24-13-8-11(18)14(19)15(16(13)21(22)23)20-12-5-4-9(2)7-10(12)17/h3-5,7-8,20H,1,6H2,2H3. The van der Waals surface area contributed by atoms with Crippen molar-refractivity contribution in [3.05, 3.63) is 69.3 Å². The SMILES string of the molecule is C=CCOc1cc(F)c(F)c(Nc2ccc(C)cc2Cl)c1[N+](=O)[O-]. The van der Waals surface area contributed by atoms with Gasteiger partial charge in [-0.3, -0.25) is 10.1 Å². The maximum atomic E-state index is 14.2. The van der Waals surface area contributed by atoms with Crippen molar-refractivity contribution < 1.29 is 18.4 Å². The molecule has 0 bridgehead atoms. The molecule has 0 aliphatic carbocycles. The number of halogens is 3. The van der Waals surface area contributed by atoms with Crippen LogP contribution in [0.2, 0.25) is 5.02 Å². The molecule has 2 rings (SSSR count). The van der Waals surface area contributed by atoms with Crippen LogP contribution < -0.4 is 10.1 Å². The van der Waals surface area contributed by atoms with Crippen LogP contribution in [0.15, 0.2) is 36.9 Å². The molecule has 0 fully saturated rings. The van der Waals surface area contributed by atoms with E-state index < -0.39 is 33.7 Å². The van der Waals surface area contributed by atoms with Gasteiger partial charge in [-0.25, -0.2) is 8.78 Å². The molecule has 0 aliphatic rings. The van der Waals surface area contributed by atoms with Crippen LogP contribution in [0.25, 0.3) is 0 Å².